The van der Waals surface area contributed by atoms with Gasteiger partial charge in [0, 0.05) is 0 Å². The molecule has 7 nitrogen and oxygen atoms in total. The van der Waals surface area contributed by atoms with Crippen molar-refractivity contribution in [3.05, 3.63) is 0 Å². The fourth-order valence-corrected chi connectivity index (χ4v) is 0. The van der Waals surface area contributed by atoms with Gasteiger partial charge in [0.2, 0.25) is 0 Å². The Morgan fingerprint density at radius 1 is 1.50 bits per heavy atom. The lowest BCUT2D eigenvalue weighted by Gasteiger charge is -1.87. The zero-order valence-electron chi connectivity index (χ0n) is 4.60. The minimum absolute atomic E-state index is 0.833. The van der Waals surface area contributed by atoms with Crippen LogP contribution in [0.1, 0.15) is 0 Å². The van der Waals surface area contributed by atoms with Crippen LogP contribution in [0.4, 0.5) is 9.32 Å². The van der Waals surface area contributed by atoms with E-state index in [-0.39, 0.29) is 0 Å². The molecule has 0 aromatic carbocycles. The van der Waals surface area contributed by atoms with Crippen LogP contribution in [0, 0.1) is 0 Å². The largest absolute Gasteiger partial charge is 0.500 e. The van der Waals surface area contributed by atoms with Crippen molar-refractivity contribution >= 4 is 13.9 Å². The van der Waals surface area contributed by atoms with Crippen molar-refractivity contribution in [2.45, 2.75) is 0 Å². The van der Waals surface area contributed by atoms with Crippen LogP contribution in [-0.2, 0) is 9.29 Å². The van der Waals surface area contributed by atoms with Gasteiger partial charge in [-0.1, -0.05) is 4.73 Å². The van der Waals surface area contributed by atoms with E-state index in [1.807, 2.05) is 0 Å². The summed E-state index contributed by atoms with van der Waals surface area (Å²) in [6, 6.07) is -0.833. The van der Waals surface area contributed by atoms with Crippen LogP contribution in [-0.4, -0.2) is 15.8 Å². The van der Waals surface area contributed by atoms with Gasteiger partial charge in [0.05, 0.1) is 0 Å². The lowest BCUT2D eigenvalue weighted by atomic mass is 11.2. The summed E-state index contributed by atoms with van der Waals surface area (Å²) < 4.78 is 21.4. The summed E-state index contributed by atoms with van der Waals surface area (Å²) >= 11 is 0. The molecule has 0 aliphatic rings. The number of halogens is 1. The van der Waals surface area contributed by atoms with Gasteiger partial charge < -0.3 is 21.3 Å². The van der Waals surface area contributed by atoms with E-state index in [1.165, 1.54) is 0 Å². The van der Waals surface area contributed by atoms with E-state index in [0.717, 1.165) is 0 Å². The van der Waals surface area contributed by atoms with Gasteiger partial charge in [-0.05, 0) is 4.53 Å². The van der Waals surface area contributed by atoms with E-state index in [0.29, 0.717) is 0 Å². The van der Waals surface area contributed by atoms with Crippen LogP contribution < -0.4 is 11.5 Å². The molecule has 0 bridgehead atoms. The zero-order chi connectivity index (χ0) is 8.78. The van der Waals surface area contributed by atoms with Crippen molar-refractivity contribution < 1.29 is 28.4 Å². The molecule has 0 fully saturated rings. The third-order valence-electron chi connectivity index (χ3n) is 0.0899. The standard InChI is InChI=1S/CH4N2O.FH2O4P/c2-1(3)4;1-5-6(2,3)4/h(H4,2,3,4);(H2,2,3,4). The van der Waals surface area contributed by atoms with Crippen molar-refractivity contribution in [3.63, 3.8) is 0 Å². The highest BCUT2D eigenvalue weighted by molar-refractivity contribution is 7.46. The number of carbonyl (C=O) groups is 1. The summed E-state index contributed by atoms with van der Waals surface area (Å²) in [6.07, 6.45) is 0. The molecule has 0 atom stereocenters. The Hall–Kier alpha value is -0.690. The van der Waals surface area contributed by atoms with Gasteiger partial charge in [-0.15, -0.1) is 0 Å². The molecule has 0 saturated carbocycles. The molecule has 0 rings (SSSR count). The molecule has 0 aromatic rings. The average molecular weight is 176 g/mol. The Morgan fingerprint density at radius 2 is 1.60 bits per heavy atom. The number of rotatable bonds is 1. The maximum Gasteiger partial charge on any atom is 0.500 e. The van der Waals surface area contributed by atoms with E-state index in [1.54, 1.807) is 0 Å². The molecular formula is CH6FN2O5P. The van der Waals surface area contributed by atoms with Gasteiger partial charge in [0.1, 0.15) is 0 Å². The Labute approximate surface area is 54.9 Å². The second kappa shape index (κ2) is 5.12. The third kappa shape index (κ3) is 54.5. The van der Waals surface area contributed by atoms with Gasteiger partial charge in [0.15, 0.2) is 0 Å². The van der Waals surface area contributed by atoms with E-state index in [4.69, 9.17) is 19.1 Å². The first-order chi connectivity index (χ1) is 4.29. The minimum atomic E-state index is -4.81. The smallest absolute Gasteiger partial charge is 0.352 e. The maximum atomic E-state index is 10.2. The lowest BCUT2D eigenvalue weighted by Crippen LogP contribution is -2.18. The summed E-state index contributed by atoms with van der Waals surface area (Å²) in [5.41, 5.74) is 8.50. The summed E-state index contributed by atoms with van der Waals surface area (Å²) in [7, 11) is -4.81. The SMILES string of the molecule is NC(N)=O.O=P(O)(O)OF. The fraction of sp³-hybridized carbons (Fsp3) is 0. The molecule has 0 radical (unpaired) electrons. The maximum absolute atomic E-state index is 10.2. The number of amides is 2. The normalized spacial score (nSPS) is 9.50. The van der Waals surface area contributed by atoms with Gasteiger partial charge in [-0.3, -0.25) is 0 Å². The van der Waals surface area contributed by atoms with Crippen LogP contribution in [0.5, 0.6) is 0 Å². The first-order valence-corrected chi connectivity index (χ1v) is 3.23. The molecule has 6 N–H and O–H groups in total. The molecule has 2 amide bonds. The van der Waals surface area contributed by atoms with E-state index < -0.39 is 13.9 Å². The molecular weight excluding hydrogens is 170 g/mol. The van der Waals surface area contributed by atoms with Crippen LogP contribution in [0.2, 0.25) is 0 Å². The molecule has 10 heavy (non-hydrogen) atoms. The molecule has 0 unspecified atom stereocenters. The number of carbonyl (C=O) groups excluding carboxylic acids is 1. The quantitative estimate of drug-likeness (QED) is 0.380. The highest BCUT2D eigenvalue weighted by Crippen LogP contribution is 2.35. The van der Waals surface area contributed by atoms with Crippen LogP contribution in [0.25, 0.3) is 0 Å². The Morgan fingerprint density at radius 3 is 1.60 bits per heavy atom. The number of nitrogens with two attached hydrogens (primary N) is 2. The molecule has 0 saturated heterocycles. The number of primary amides is 2. The number of phosphoric acid groups is 1. The van der Waals surface area contributed by atoms with Crippen molar-refractivity contribution in [1.29, 1.82) is 0 Å². The Bertz CT molecular complexity index is 139. The molecule has 9 heteroatoms. The predicted octanol–water partition coefficient (Wildman–Crippen LogP) is -0.996. The van der Waals surface area contributed by atoms with E-state index in [9.17, 15) is 4.53 Å². The van der Waals surface area contributed by atoms with E-state index >= 15 is 0 Å². The van der Waals surface area contributed by atoms with Crippen LogP contribution >= 0.6 is 7.82 Å². The Kier molecular flexibility index (Phi) is 6.16. The Balaban J connectivity index is 0. The minimum Gasteiger partial charge on any atom is -0.352 e. The molecule has 0 heterocycles. The second-order valence-electron chi connectivity index (χ2n) is 0.962. The van der Waals surface area contributed by atoms with Crippen LogP contribution in [0.3, 0.4) is 0 Å². The van der Waals surface area contributed by atoms with Crippen molar-refractivity contribution in [2.24, 2.45) is 11.5 Å². The monoisotopic (exact) mass is 176 g/mol. The lowest BCUT2D eigenvalue weighted by molar-refractivity contribution is -0.0389. The van der Waals surface area contributed by atoms with E-state index in [2.05, 4.69) is 16.2 Å². The van der Waals surface area contributed by atoms with Crippen LogP contribution in [0.15, 0.2) is 0 Å². The molecule has 62 valence electrons. The van der Waals surface area contributed by atoms with Gasteiger partial charge in [-0.25, -0.2) is 9.36 Å². The fourth-order valence-electron chi connectivity index (χ4n) is 0. The topological polar surface area (TPSA) is 136 Å². The van der Waals surface area contributed by atoms with Crippen molar-refractivity contribution in [2.75, 3.05) is 0 Å². The zero-order valence-corrected chi connectivity index (χ0v) is 5.49. The molecule has 0 aliphatic heterocycles. The predicted molar refractivity (Wildman–Crippen MR) is 28.0 cm³/mol. The average Bonchev–Trinajstić information content (AvgIpc) is 1.63. The highest BCUT2D eigenvalue weighted by atomic mass is 31.2. The number of hydrogen-bond acceptors (Lipinski definition) is 3. The van der Waals surface area contributed by atoms with Gasteiger partial charge >= 0.3 is 13.9 Å². The molecule has 0 aromatic heterocycles. The number of urea groups is 1. The van der Waals surface area contributed by atoms with Gasteiger partial charge in [0.25, 0.3) is 0 Å². The molecule has 0 spiro atoms. The summed E-state index contributed by atoms with van der Waals surface area (Å²) in [5, 5.41) is 0. The van der Waals surface area contributed by atoms with Gasteiger partial charge in [-0.2, -0.15) is 0 Å². The molecule has 0 aliphatic carbocycles. The number of hydrogen-bond donors (Lipinski definition) is 4. The first kappa shape index (κ1) is 12.0. The summed E-state index contributed by atoms with van der Waals surface area (Å²) in [6.45, 7) is 0. The second-order valence-corrected chi connectivity index (χ2v) is 2.08. The third-order valence-corrected chi connectivity index (χ3v) is 0.270. The highest BCUT2D eigenvalue weighted by Gasteiger charge is 2.12. The summed E-state index contributed by atoms with van der Waals surface area (Å²) in [5.74, 6) is 0. The summed E-state index contributed by atoms with van der Waals surface area (Å²) in [4.78, 5) is 23.7. The first-order valence-electron chi connectivity index (χ1n) is 1.70. The van der Waals surface area contributed by atoms with Crippen molar-refractivity contribution in [3.8, 4) is 0 Å². The van der Waals surface area contributed by atoms with Crippen molar-refractivity contribution in [1.82, 2.24) is 0 Å².